The van der Waals surface area contributed by atoms with E-state index in [0.29, 0.717) is 17.0 Å². The maximum absolute atomic E-state index is 13.2. The molecular formula is C18H13ClFN3O3S. The van der Waals surface area contributed by atoms with Gasteiger partial charge in [0.1, 0.15) is 17.3 Å². The average molecular weight is 406 g/mol. The largest absolute Gasteiger partial charge is 0.497 e. The Morgan fingerprint density at radius 2 is 1.85 bits per heavy atom. The summed E-state index contributed by atoms with van der Waals surface area (Å²) in [4.78, 5) is 28.5. The lowest BCUT2D eigenvalue weighted by Gasteiger charge is -2.04. The highest BCUT2D eigenvalue weighted by atomic mass is 35.5. The summed E-state index contributed by atoms with van der Waals surface area (Å²) in [6.07, 6.45) is 0. The molecule has 2 aromatic carbocycles. The zero-order valence-electron chi connectivity index (χ0n) is 14.0. The van der Waals surface area contributed by atoms with E-state index < -0.39 is 11.7 Å². The fraction of sp³-hybridized carbons (Fsp3) is 0.0556. The molecule has 2 amide bonds. The van der Waals surface area contributed by atoms with Gasteiger partial charge in [-0.3, -0.25) is 14.9 Å². The summed E-state index contributed by atoms with van der Waals surface area (Å²) in [5.74, 6) is -0.796. The van der Waals surface area contributed by atoms with Crippen molar-refractivity contribution in [2.24, 2.45) is 0 Å². The van der Waals surface area contributed by atoms with Gasteiger partial charge in [-0.2, -0.15) is 0 Å². The number of hydrogen-bond donors (Lipinski definition) is 2. The van der Waals surface area contributed by atoms with Gasteiger partial charge in [0.2, 0.25) is 0 Å². The van der Waals surface area contributed by atoms with Crippen molar-refractivity contribution in [3.63, 3.8) is 0 Å². The molecule has 3 aromatic rings. The molecule has 0 spiro atoms. The van der Waals surface area contributed by atoms with Crippen molar-refractivity contribution < 1.29 is 18.7 Å². The smallest absolute Gasteiger partial charge is 0.275 e. The molecule has 0 aliphatic carbocycles. The molecule has 2 N–H and O–H groups in total. The van der Waals surface area contributed by atoms with Crippen LogP contribution >= 0.6 is 22.9 Å². The van der Waals surface area contributed by atoms with Crippen molar-refractivity contribution in [2.45, 2.75) is 0 Å². The lowest BCUT2D eigenvalue weighted by molar-refractivity contribution is 0.101. The van der Waals surface area contributed by atoms with Crippen molar-refractivity contribution in [3.8, 4) is 5.75 Å². The third-order valence-electron chi connectivity index (χ3n) is 3.49. The van der Waals surface area contributed by atoms with Gasteiger partial charge in [0.15, 0.2) is 5.13 Å². The maximum atomic E-state index is 13.2. The number of nitrogens with one attached hydrogen (secondary N) is 2. The minimum atomic E-state index is -0.577. The van der Waals surface area contributed by atoms with Crippen LogP contribution in [0.15, 0.2) is 47.8 Å². The highest BCUT2D eigenvalue weighted by Crippen LogP contribution is 2.21. The second kappa shape index (κ2) is 8.15. The van der Waals surface area contributed by atoms with Crippen molar-refractivity contribution in [1.29, 1.82) is 0 Å². The number of aromatic nitrogens is 1. The first kappa shape index (κ1) is 18.8. The van der Waals surface area contributed by atoms with Gasteiger partial charge in [-0.25, -0.2) is 9.37 Å². The Labute approximate surface area is 163 Å². The minimum absolute atomic E-state index is 0.0986. The number of halogens is 2. The first-order valence-electron chi connectivity index (χ1n) is 7.63. The van der Waals surface area contributed by atoms with E-state index in [1.807, 2.05) is 0 Å². The lowest BCUT2D eigenvalue weighted by Crippen LogP contribution is -2.14. The van der Waals surface area contributed by atoms with Crippen molar-refractivity contribution in [3.05, 3.63) is 69.9 Å². The number of ether oxygens (including phenoxy) is 1. The summed E-state index contributed by atoms with van der Waals surface area (Å²) in [6.45, 7) is 0. The standard InChI is InChI=1S/C18H13ClFN3O3S/c1-26-12-5-2-10(3-6-12)16(24)23-18-22-15(9-27-18)17(25)21-11-4-7-14(20)13(19)8-11/h2-9H,1H3,(H,21,25)(H,22,23,24). The third kappa shape index (κ3) is 4.60. The third-order valence-corrected chi connectivity index (χ3v) is 4.53. The Morgan fingerprint density at radius 1 is 1.11 bits per heavy atom. The van der Waals surface area contributed by atoms with Crippen LogP contribution in [-0.2, 0) is 0 Å². The fourth-order valence-electron chi connectivity index (χ4n) is 2.12. The summed E-state index contributed by atoms with van der Waals surface area (Å²) >= 11 is 6.80. The van der Waals surface area contributed by atoms with Crippen LogP contribution in [0, 0.1) is 5.82 Å². The number of amides is 2. The van der Waals surface area contributed by atoms with Crippen LogP contribution in [0.1, 0.15) is 20.8 Å². The van der Waals surface area contributed by atoms with E-state index in [1.54, 1.807) is 24.3 Å². The molecule has 3 rings (SSSR count). The van der Waals surface area contributed by atoms with Crippen molar-refractivity contribution in [2.75, 3.05) is 17.7 Å². The molecule has 0 aliphatic rings. The summed E-state index contributed by atoms with van der Waals surface area (Å²) in [5, 5.41) is 6.87. The maximum Gasteiger partial charge on any atom is 0.275 e. The predicted octanol–water partition coefficient (Wildman–Crippen LogP) is 4.45. The molecule has 0 aliphatic heterocycles. The van der Waals surface area contributed by atoms with E-state index in [1.165, 1.54) is 24.6 Å². The molecular weight excluding hydrogens is 393 g/mol. The van der Waals surface area contributed by atoms with E-state index in [4.69, 9.17) is 16.3 Å². The summed E-state index contributed by atoms with van der Waals surface area (Å²) in [5.41, 5.74) is 0.881. The van der Waals surface area contributed by atoms with E-state index in [2.05, 4.69) is 15.6 Å². The van der Waals surface area contributed by atoms with Crippen molar-refractivity contribution >= 4 is 45.6 Å². The summed E-state index contributed by atoms with van der Waals surface area (Å²) in [6, 6.07) is 10.4. The molecule has 1 aromatic heterocycles. The topological polar surface area (TPSA) is 80.3 Å². The molecule has 0 saturated carbocycles. The van der Waals surface area contributed by atoms with Crippen LogP contribution < -0.4 is 15.4 Å². The van der Waals surface area contributed by atoms with Gasteiger partial charge in [0.05, 0.1) is 12.1 Å². The summed E-state index contributed by atoms with van der Waals surface area (Å²) in [7, 11) is 1.54. The first-order chi connectivity index (χ1) is 13.0. The van der Waals surface area contributed by atoms with Gasteiger partial charge in [-0.05, 0) is 42.5 Å². The number of methoxy groups -OCH3 is 1. The SMILES string of the molecule is COc1ccc(C(=O)Nc2nc(C(=O)Nc3ccc(F)c(Cl)c3)cs2)cc1. The Bertz CT molecular complexity index is 992. The molecule has 1 heterocycles. The molecule has 0 bridgehead atoms. The number of thiazole rings is 1. The van der Waals surface area contributed by atoms with E-state index in [0.717, 1.165) is 17.4 Å². The van der Waals surface area contributed by atoms with Gasteiger partial charge in [0.25, 0.3) is 11.8 Å². The Morgan fingerprint density at radius 3 is 2.52 bits per heavy atom. The van der Waals surface area contributed by atoms with Crippen LogP contribution in [-0.4, -0.2) is 23.9 Å². The number of carbonyl (C=O) groups is 2. The van der Waals surface area contributed by atoms with Gasteiger partial charge in [0, 0.05) is 16.6 Å². The minimum Gasteiger partial charge on any atom is -0.497 e. The van der Waals surface area contributed by atoms with E-state index >= 15 is 0 Å². The normalized spacial score (nSPS) is 10.3. The van der Waals surface area contributed by atoms with Crippen LogP contribution in [0.5, 0.6) is 5.75 Å². The fourth-order valence-corrected chi connectivity index (χ4v) is 2.98. The van der Waals surface area contributed by atoms with Gasteiger partial charge in [-0.15, -0.1) is 11.3 Å². The molecule has 138 valence electrons. The van der Waals surface area contributed by atoms with E-state index in [9.17, 15) is 14.0 Å². The molecule has 27 heavy (non-hydrogen) atoms. The molecule has 0 saturated heterocycles. The summed E-state index contributed by atoms with van der Waals surface area (Å²) < 4.78 is 18.2. The number of hydrogen-bond acceptors (Lipinski definition) is 5. The molecule has 0 fully saturated rings. The number of benzene rings is 2. The van der Waals surface area contributed by atoms with E-state index in [-0.39, 0.29) is 21.8 Å². The monoisotopic (exact) mass is 405 g/mol. The molecule has 9 heteroatoms. The number of carbonyl (C=O) groups excluding carboxylic acids is 2. The van der Waals surface area contributed by atoms with Gasteiger partial charge >= 0.3 is 0 Å². The number of nitrogens with zero attached hydrogens (tertiary/aromatic N) is 1. The number of rotatable bonds is 5. The Balaban J connectivity index is 1.65. The van der Waals surface area contributed by atoms with Crippen LogP contribution in [0.4, 0.5) is 15.2 Å². The molecule has 0 atom stereocenters. The van der Waals surface area contributed by atoms with Crippen LogP contribution in [0.2, 0.25) is 5.02 Å². The predicted molar refractivity (Wildman–Crippen MR) is 102 cm³/mol. The second-order valence-electron chi connectivity index (χ2n) is 5.30. The Hall–Kier alpha value is -2.97. The van der Waals surface area contributed by atoms with Crippen molar-refractivity contribution in [1.82, 2.24) is 4.98 Å². The average Bonchev–Trinajstić information content (AvgIpc) is 3.13. The zero-order chi connectivity index (χ0) is 19.4. The quantitative estimate of drug-likeness (QED) is 0.657. The molecule has 0 unspecified atom stereocenters. The highest BCUT2D eigenvalue weighted by Gasteiger charge is 2.14. The highest BCUT2D eigenvalue weighted by molar-refractivity contribution is 7.14. The lowest BCUT2D eigenvalue weighted by atomic mass is 10.2. The molecule has 0 radical (unpaired) electrons. The van der Waals surface area contributed by atoms with Crippen LogP contribution in [0.3, 0.4) is 0 Å². The second-order valence-corrected chi connectivity index (χ2v) is 6.57. The number of anilines is 2. The van der Waals surface area contributed by atoms with Crippen LogP contribution in [0.25, 0.3) is 0 Å². The van der Waals surface area contributed by atoms with Gasteiger partial charge < -0.3 is 10.1 Å². The first-order valence-corrected chi connectivity index (χ1v) is 8.89. The van der Waals surface area contributed by atoms with Gasteiger partial charge in [-0.1, -0.05) is 11.6 Å². The molecule has 6 nitrogen and oxygen atoms in total. The zero-order valence-corrected chi connectivity index (χ0v) is 15.5. The Kier molecular flexibility index (Phi) is 5.68.